The van der Waals surface area contributed by atoms with Gasteiger partial charge in [0.2, 0.25) is 0 Å². The average molecular weight is 407 g/mol. The third-order valence-electron chi connectivity index (χ3n) is 4.00. The van der Waals surface area contributed by atoms with Gasteiger partial charge in [0.1, 0.15) is 4.21 Å². The molecule has 9 heteroatoms. The summed E-state index contributed by atoms with van der Waals surface area (Å²) in [5.41, 5.74) is -2.53. The van der Waals surface area contributed by atoms with Crippen molar-refractivity contribution < 1.29 is 26.7 Å². The number of nitrogens with one attached hydrogen (secondary N) is 1. The van der Waals surface area contributed by atoms with Gasteiger partial charge >= 0.3 is 6.18 Å². The minimum atomic E-state index is -4.83. The molecule has 0 spiro atoms. The van der Waals surface area contributed by atoms with Crippen LogP contribution in [0.3, 0.4) is 0 Å². The van der Waals surface area contributed by atoms with Crippen molar-refractivity contribution in [2.24, 2.45) is 0 Å². The number of aryl methyl sites for hydroxylation is 1. The molecular formula is C17H20F3NO3S2. The van der Waals surface area contributed by atoms with E-state index in [4.69, 9.17) is 0 Å². The van der Waals surface area contributed by atoms with Crippen LogP contribution in [0.4, 0.5) is 18.9 Å². The number of halogens is 3. The molecule has 0 bridgehead atoms. The van der Waals surface area contributed by atoms with Crippen molar-refractivity contribution in [2.45, 2.75) is 49.1 Å². The molecule has 0 saturated heterocycles. The molecule has 0 aliphatic rings. The Morgan fingerprint density at radius 1 is 1.15 bits per heavy atom. The molecule has 0 aliphatic carbocycles. The fraction of sp³-hybridized carbons (Fsp3) is 0.412. The largest absolute Gasteiger partial charge is 0.421 e. The Balaban J connectivity index is 2.22. The quantitative estimate of drug-likeness (QED) is 0.701. The fourth-order valence-corrected chi connectivity index (χ4v) is 4.87. The molecule has 2 aromatic rings. The van der Waals surface area contributed by atoms with Gasteiger partial charge in [-0.1, -0.05) is 25.5 Å². The number of hydrogen-bond donors (Lipinski definition) is 2. The Morgan fingerprint density at radius 2 is 1.77 bits per heavy atom. The Bertz CT molecular complexity index is 841. The summed E-state index contributed by atoms with van der Waals surface area (Å²) in [5.74, 6) is 0. The molecule has 144 valence electrons. The van der Waals surface area contributed by atoms with E-state index in [1.165, 1.54) is 12.1 Å². The van der Waals surface area contributed by atoms with Gasteiger partial charge in [-0.15, -0.1) is 11.3 Å². The first-order valence-corrected chi connectivity index (χ1v) is 10.3. The van der Waals surface area contributed by atoms with E-state index in [-0.39, 0.29) is 15.5 Å². The van der Waals surface area contributed by atoms with E-state index < -0.39 is 21.8 Å². The minimum Gasteiger partial charge on any atom is -0.376 e. The third-order valence-corrected chi connectivity index (χ3v) is 6.95. The van der Waals surface area contributed by atoms with Crippen LogP contribution in [-0.4, -0.2) is 19.7 Å². The van der Waals surface area contributed by atoms with Gasteiger partial charge in [-0.25, -0.2) is 8.42 Å². The lowest BCUT2D eigenvalue weighted by atomic mass is 9.95. The maximum atomic E-state index is 12.9. The van der Waals surface area contributed by atoms with Gasteiger partial charge in [0.25, 0.3) is 10.0 Å². The van der Waals surface area contributed by atoms with Crippen molar-refractivity contribution in [1.82, 2.24) is 0 Å². The van der Waals surface area contributed by atoms with Crippen LogP contribution >= 0.6 is 11.3 Å². The second kappa shape index (κ2) is 7.58. The highest BCUT2D eigenvalue weighted by atomic mass is 32.2. The van der Waals surface area contributed by atoms with Gasteiger partial charge in [-0.05, 0) is 54.5 Å². The summed E-state index contributed by atoms with van der Waals surface area (Å²) < 4.78 is 66.3. The second-order valence-electron chi connectivity index (χ2n) is 6.09. The predicted octanol–water partition coefficient (Wildman–Crippen LogP) is 4.66. The van der Waals surface area contributed by atoms with Crippen molar-refractivity contribution in [1.29, 1.82) is 0 Å². The van der Waals surface area contributed by atoms with E-state index in [1.807, 2.05) is 6.92 Å². The highest BCUT2D eigenvalue weighted by molar-refractivity contribution is 7.94. The van der Waals surface area contributed by atoms with Crippen LogP contribution in [0, 0.1) is 0 Å². The van der Waals surface area contributed by atoms with Gasteiger partial charge < -0.3 is 5.11 Å². The standard InChI is InChI=1S/C17H20F3NO3S2/c1-3-4-5-12-10-11-25-15(12)26(23,24)21-14-8-6-13(7-9-14)16(2,22)17(18,19)20/h6-11,21-22H,3-5H2,1-2H3. The summed E-state index contributed by atoms with van der Waals surface area (Å²) in [6.45, 7) is 2.66. The Morgan fingerprint density at radius 3 is 2.31 bits per heavy atom. The van der Waals surface area contributed by atoms with E-state index >= 15 is 0 Å². The van der Waals surface area contributed by atoms with Crippen molar-refractivity contribution in [3.63, 3.8) is 0 Å². The first kappa shape index (κ1) is 20.7. The normalized spacial score (nSPS) is 14.8. The average Bonchev–Trinajstić information content (AvgIpc) is 3.01. The number of thiophene rings is 1. The number of alkyl halides is 3. The number of sulfonamides is 1. The van der Waals surface area contributed by atoms with Crippen molar-refractivity contribution >= 4 is 27.0 Å². The molecule has 1 aromatic carbocycles. The molecule has 2 N–H and O–H groups in total. The molecule has 0 saturated carbocycles. The van der Waals surface area contributed by atoms with Gasteiger partial charge in [0.05, 0.1) is 0 Å². The Labute approximate surface area is 154 Å². The van der Waals surface area contributed by atoms with E-state index in [1.54, 1.807) is 11.4 Å². The SMILES string of the molecule is CCCCc1ccsc1S(=O)(=O)Nc1ccc(C(C)(O)C(F)(F)F)cc1. The predicted molar refractivity (Wildman–Crippen MR) is 95.8 cm³/mol. The molecule has 0 radical (unpaired) electrons. The molecular weight excluding hydrogens is 387 g/mol. The zero-order valence-corrected chi connectivity index (χ0v) is 15.9. The van der Waals surface area contributed by atoms with Crippen LogP contribution in [0.15, 0.2) is 39.9 Å². The minimum absolute atomic E-state index is 0.126. The zero-order chi connectivity index (χ0) is 19.6. The maximum Gasteiger partial charge on any atom is 0.421 e. The smallest absolute Gasteiger partial charge is 0.376 e. The number of rotatable bonds is 7. The molecule has 26 heavy (non-hydrogen) atoms. The molecule has 0 fully saturated rings. The summed E-state index contributed by atoms with van der Waals surface area (Å²) in [6, 6.07) is 6.27. The van der Waals surface area contributed by atoms with Crippen LogP contribution in [0.2, 0.25) is 0 Å². The summed E-state index contributed by atoms with van der Waals surface area (Å²) in [6.07, 6.45) is -2.40. The lowest BCUT2D eigenvalue weighted by Gasteiger charge is -2.26. The lowest BCUT2D eigenvalue weighted by molar-refractivity contribution is -0.258. The zero-order valence-electron chi connectivity index (χ0n) is 14.3. The number of benzene rings is 1. The molecule has 1 unspecified atom stereocenters. The Kier molecular flexibility index (Phi) is 6.04. The van der Waals surface area contributed by atoms with Gasteiger partial charge in [-0.2, -0.15) is 13.2 Å². The fourth-order valence-electron chi connectivity index (χ4n) is 2.34. The summed E-state index contributed by atoms with van der Waals surface area (Å²) in [7, 11) is -3.82. The van der Waals surface area contributed by atoms with Gasteiger partial charge in [0, 0.05) is 5.69 Å². The van der Waals surface area contributed by atoms with E-state index in [2.05, 4.69) is 4.72 Å². The van der Waals surface area contributed by atoms with Gasteiger partial charge in [0.15, 0.2) is 5.60 Å². The maximum absolute atomic E-state index is 12.9. The van der Waals surface area contributed by atoms with Crippen LogP contribution in [0.5, 0.6) is 0 Å². The van der Waals surface area contributed by atoms with Crippen molar-refractivity contribution in [3.05, 3.63) is 46.8 Å². The number of unbranched alkanes of at least 4 members (excludes halogenated alkanes) is 1. The molecule has 1 atom stereocenters. The monoisotopic (exact) mass is 407 g/mol. The second-order valence-corrected chi connectivity index (χ2v) is 8.88. The molecule has 2 rings (SSSR count). The lowest BCUT2D eigenvalue weighted by Crippen LogP contribution is -2.39. The van der Waals surface area contributed by atoms with Crippen LogP contribution in [0.25, 0.3) is 0 Å². The highest BCUT2D eigenvalue weighted by Crippen LogP contribution is 2.38. The van der Waals surface area contributed by atoms with Crippen LogP contribution < -0.4 is 4.72 Å². The molecule has 4 nitrogen and oxygen atoms in total. The topological polar surface area (TPSA) is 66.4 Å². The van der Waals surface area contributed by atoms with Gasteiger partial charge in [-0.3, -0.25) is 4.72 Å². The first-order chi connectivity index (χ1) is 12.0. The number of hydrogen-bond acceptors (Lipinski definition) is 4. The van der Waals surface area contributed by atoms with E-state index in [0.29, 0.717) is 13.3 Å². The summed E-state index contributed by atoms with van der Waals surface area (Å²) in [5, 5.41) is 11.4. The van der Waals surface area contributed by atoms with E-state index in [9.17, 15) is 26.7 Å². The van der Waals surface area contributed by atoms with Crippen LogP contribution in [0.1, 0.15) is 37.8 Å². The highest BCUT2D eigenvalue weighted by Gasteiger charge is 2.51. The third kappa shape index (κ3) is 4.39. The van der Waals surface area contributed by atoms with Crippen molar-refractivity contribution in [3.8, 4) is 0 Å². The van der Waals surface area contributed by atoms with E-state index in [0.717, 1.165) is 41.9 Å². The summed E-state index contributed by atoms with van der Waals surface area (Å²) >= 11 is 1.10. The Hall–Kier alpha value is -1.58. The molecule has 1 heterocycles. The summed E-state index contributed by atoms with van der Waals surface area (Å²) in [4.78, 5) is 0. The van der Waals surface area contributed by atoms with Crippen molar-refractivity contribution in [2.75, 3.05) is 4.72 Å². The molecule has 0 aliphatic heterocycles. The van der Waals surface area contributed by atoms with Crippen LogP contribution in [-0.2, 0) is 22.0 Å². The molecule has 0 amide bonds. The molecule has 1 aromatic heterocycles. The number of anilines is 1. The first-order valence-electron chi connectivity index (χ1n) is 7.98. The number of aliphatic hydroxyl groups is 1.